The summed E-state index contributed by atoms with van der Waals surface area (Å²) in [6.07, 6.45) is 4.21. The zero-order valence-corrected chi connectivity index (χ0v) is 7.69. The number of rotatable bonds is 0. The zero-order chi connectivity index (χ0) is 4.41. The summed E-state index contributed by atoms with van der Waals surface area (Å²) in [5.74, 6) is 0. The van der Waals surface area contributed by atoms with Gasteiger partial charge in [0.05, 0.1) is 0 Å². The van der Waals surface area contributed by atoms with Crippen molar-refractivity contribution in [3.8, 4) is 0 Å². The first-order valence-corrected chi connectivity index (χ1v) is 1.81. The molecule has 1 rings (SSSR count). The van der Waals surface area contributed by atoms with Crippen LogP contribution in [0.3, 0.4) is 0 Å². The van der Waals surface area contributed by atoms with Crippen LogP contribution in [0.1, 0.15) is 5.56 Å². The van der Waals surface area contributed by atoms with Gasteiger partial charge in [-0.2, -0.15) is 5.56 Å². The number of hydrogen-bond acceptors (Lipinski definition) is 1. The zero-order valence-electron chi connectivity index (χ0n) is 4.56. The van der Waals surface area contributed by atoms with E-state index in [9.17, 15) is 0 Å². The average molecular weight is 120 g/mol. The van der Waals surface area contributed by atoms with Gasteiger partial charge in [0.25, 0.3) is 0 Å². The molecule has 0 atom stereocenters. The van der Waals surface area contributed by atoms with Crippen LogP contribution in [0.15, 0.2) is 16.7 Å². The minimum absolute atomic E-state index is 0. The first kappa shape index (κ1) is 7.92. The van der Waals surface area contributed by atoms with Gasteiger partial charge in [-0.15, -0.1) is 6.07 Å². The van der Waals surface area contributed by atoms with Crippen molar-refractivity contribution in [1.82, 2.24) is 0 Å². The van der Waals surface area contributed by atoms with Crippen molar-refractivity contribution >= 4 is 0 Å². The van der Waals surface area contributed by atoms with Crippen LogP contribution < -0.4 is 51.4 Å². The van der Waals surface area contributed by atoms with Crippen LogP contribution in [-0.2, 0) is 0 Å². The van der Waals surface area contributed by atoms with Crippen molar-refractivity contribution in [2.24, 2.45) is 0 Å². The van der Waals surface area contributed by atoms with Gasteiger partial charge in [0, 0.05) is 0 Å². The van der Waals surface area contributed by atoms with Crippen LogP contribution in [0.2, 0.25) is 0 Å². The number of hydrogen-bond donors (Lipinski definition) is 0. The molecule has 7 heavy (non-hydrogen) atoms. The molecule has 0 aliphatic heterocycles. The van der Waals surface area contributed by atoms with E-state index in [0.717, 1.165) is 5.56 Å². The van der Waals surface area contributed by atoms with Gasteiger partial charge >= 0.3 is 51.4 Å². The van der Waals surface area contributed by atoms with E-state index in [-0.39, 0.29) is 51.4 Å². The summed E-state index contributed by atoms with van der Waals surface area (Å²) in [4.78, 5) is 0. The second kappa shape index (κ2) is 3.86. The van der Waals surface area contributed by atoms with Crippen molar-refractivity contribution < 1.29 is 55.8 Å². The van der Waals surface area contributed by atoms with Gasteiger partial charge in [0.1, 0.15) is 0 Å². The first-order valence-electron chi connectivity index (χ1n) is 1.81. The van der Waals surface area contributed by atoms with Crippen LogP contribution in [0.4, 0.5) is 0 Å². The molecule has 32 valence electrons. The van der Waals surface area contributed by atoms with E-state index in [4.69, 9.17) is 0 Å². The normalized spacial score (nSPS) is 7.57. The molecule has 1 heterocycles. The Hall–Kier alpha value is 0.916. The molecule has 0 radical (unpaired) electrons. The molecular weight excluding hydrogens is 115 g/mol. The second-order valence-corrected chi connectivity index (χ2v) is 1.24. The molecule has 1 aromatic rings. The van der Waals surface area contributed by atoms with Gasteiger partial charge in [0.2, 0.25) is 0 Å². The maximum absolute atomic E-state index is 4.59. The predicted molar refractivity (Wildman–Crippen MR) is 22.3 cm³/mol. The molecule has 1 aromatic heterocycles. The van der Waals surface area contributed by atoms with Crippen LogP contribution in [0.25, 0.3) is 0 Å². The molecule has 0 bridgehead atoms. The Morgan fingerprint density at radius 1 is 1.71 bits per heavy atom. The Morgan fingerprint density at radius 2 is 2.43 bits per heavy atom. The Bertz CT molecular complexity index is 112. The van der Waals surface area contributed by atoms with E-state index in [1.807, 2.05) is 6.92 Å². The molecule has 0 fully saturated rings. The molecular formula is C5H5KO. The van der Waals surface area contributed by atoms with Gasteiger partial charge in [-0.05, 0) is 6.26 Å². The van der Waals surface area contributed by atoms with Gasteiger partial charge in [-0.1, -0.05) is 13.2 Å². The molecule has 1 nitrogen and oxygen atoms in total. The van der Waals surface area contributed by atoms with Gasteiger partial charge in [-0.25, -0.2) is 0 Å². The van der Waals surface area contributed by atoms with Crippen molar-refractivity contribution in [3.05, 3.63) is 24.2 Å². The van der Waals surface area contributed by atoms with Crippen molar-refractivity contribution in [2.45, 2.75) is 6.92 Å². The summed E-state index contributed by atoms with van der Waals surface area (Å²) in [5.41, 5.74) is 1.12. The van der Waals surface area contributed by atoms with E-state index in [0.29, 0.717) is 0 Å². The SMILES string of the molecule is Cc1c[c-]oc1.[K+]. The molecule has 0 aliphatic carbocycles. The van der Waals surface area contributed by atoms with E-state index < -0.39 is 0 Å². The smallest absolute Gasteiger partial charge is 0.599 e. The van der Waals surface area contributed by atoms with Gasteiger partial charge in [-0.3, -0.25) is 0 Å². The van der Waals surface area contributed by atoms with Crippen molar-refractivity contribution in [1.29, 1.82) is 0 Å². The van der Waals surface area contributed by atoms with Gasteiger partial charge < -0.3 is 4.42 Å². The molecule has 0 unspecified atom stereocenters. The van der Waals surface area contributed by atoms with E-state index in [1.54, 1.807) is 12.3 Å². The molecule has 0 saturated carbocycles. The third-order valence-electron chi connectivity index (χ3n) is 0.599. The minimum Gasteiger partial charge on any atom is -0.599 e. The maximum atomic E-state index is 4.59. The van der Waals surface area contributed by atoms with Crippen LogP contribution in [0.5, 0.6) is 0 Å². The fourth-order valence-corrected chi connectivity index (χ4v) is 0.288. The fourth-order valence-electron chi connectivity index (χ4n) is 0.288. The van der Waals surface area contributed by atoms with Crippen LogP contribution >= 0.6 is 0 Å². The third kappa shape index (κ3) is 2.67. The van der Waals surface area contributed by atoms with Gasteiger partial charge in [0.15, 0.2) is 0 Å². The fraction of sp³-hybridized carbons (Fsp3) is 0.200. The molecule has 0 saturated heterocycles. The summed E-state index contributed by atoms with van der Waals surface area (Å²) in [6.45, 7) is 1.96. The Morgan fingerprint density at radius 3 is 2.57 bits per heavy atom. The number of furan rings is 1. The monoisotopic (exact) mass is 120 g/mol. The first-order chi connectivity index (χ1) is 2.89. The predicted octanol–water partition coefficient (Wildman–Crippen LogP) is -1.61. The Labute approximate surface area is 85.5 Å². The minimum atomic E-state index is 0. The van der Waals surface area contributed by atoms with E-state index >= 15 is 0 Å². The maximum Gasteiger partial charge on any atom is 1.00 e. The second-order valence-electron chi connectivity index (χ2n) is 1.24. The summed E-state index contributed by atoms with van der Waals surface area (Å²) >= 11 is 0. The molecule has 0 amide bonds. The van der Waals surface area contributed by atoms with Crippen LogP contribution in [0, 0.1) is 13.2 Å². The van der Waals surface area contributed by atoms with Crippen molar-refractivity contribution in [2.75, 3.05) is 0 Å². The molecule has 0 spiro atoms. The standard InChI is InChI=1S/C5H5O.K/c1-5-2-3-6-4-5;/h2,4H,1H3;/q-1;+1. The molecule has 2 heteroatoms. The van der Waals surface area contributed by atoms with Crippen LogP contribution in [-0.4, -0.2) is 0 Å². The average Bonchev–Trinajstić information content (AvgIpc) is 1.86. The largest absolute Gasteiger partial charge is 1.00 e. The quantitative estimate of drug-likeness (QED) is 0.297. The summed E-state index contributed by atoms with van der Waals surface area (Å²) < 4.78 is 4.59. The number of aryl methyl sites for hydroxylation is 1. The molecule has 0 aliphatic rings. The van der Waals surface area contributed by atoms with E-state index in [2.05, 4.69) is 10.7 Å². The third-order valence-corrected chi connectivity index (χ3v) is 0.599. The molecule has 0 N–H and O–H groups in total. The van der Waals surface area contributed by atoms with Crippen molar-refractivity contribution in [3.63, 3.8) is 0 Å². The topological polar surface area (TPSA) is 13.1 Å². The summed E-state index contributed by atoms with van der Waals surface area (Å²) in [5, 5.41) is 0. The Balaban J connectivity index is 0.000000360. The Kier molecular flexibility index (Phi) is 4.37. The summed E-state index contributed by atoms with van der Waals surface area (Å²) in [6, 6.07) is 1.79. The molecule has 0 aromatic carbocycles. The summed E-state index contributed by atoms with van der Waals surface area (Å²) in [7, 11) is 0. The van der Waals surface area contributed by atoms with E-state index in [1.165, 1.54) is 0 Å².